The van der Waals surface area contributed by atoms with Gasteiger partial charge in [0.05, 0.1) is 5.69 Å². The summed E-state index contributed by atoms with van der Waals surface area (Å²) < 4.78 is 2.64. The summed E-state index contributed by atoms with van der Waals surface area (Å²) in [5, 5.41) is 10.5. The molecule has 9 aromatic rings. The van der Waals surface area contributed by atoms with Crippen molar-refractivity contribution >= 4 is 80.9 Å². The van der Waals surface area contributed by atoms with Crippen LogP contribution in [0.15, 0.2) is 152 Å². The third-order valence-electron chi connectivity index (χ3n) is 12.0. The first-order valence-electron chi connectivity index (χ1n) is 17.6. The van der Waals surface area contributed by atoms with Crippen molar-refractivity contribution < 1.29 is 0 Å². The number of rotatable bonds is 3. The molecule has 0 bridgehead atoms. The molecule has 1 nitrogen and oxygen atoms in total. The predicted molar refractivity (Wildman–Crippen MR) is 218 cm³/mol. The minimum atomic E-state index is -0.158. The summed E-state index contributed by atoms with van der Waals surface area (Å²) >= 11 is 1.87. The molecule has 0 aliphatic heterocycles. The van der Waals surface area contributed by atoms with E-state index in [2.05, 4.69) is 184 Å². The Morgan fingerprint density at radius 3 is 2.02 bits per heavy atom. The number of thiophene rings is 1. The number of hydrogen-bond acceptors (Lipinski definition) is 2. The van der Waals surface area contributed by atoms with Crippen molar-refractivity contribution in [3.05, 3.63) is 163 Å². The van der Waals surface area contributed by atoms with Crippen LogP contribution in [0, 0.1) is 0 Å². The maximum absolute atomic E-state index is 2.49. The molecule has 1 aliphatic carbocycles. The fourth-order valence-corrected chi connectivity index (χ4v) is 9.90. The van der Waals surface area contributed by atoms with E-state index in [9.17, 15) is 0 Å². The lowest BCUT2D eigenvalue weighted by Crippen LogP contribution is -2.44. The summed E-state index contributed by atoms with van der Waals surface area (Å²) in [4.78, 5) is 2.49. The van der Waals surface area contributed by atoms with Crippen molar-refractivity contribution in [1.82, 2.24) is 0 Å². The molecule has 0 radical (unpaired) electrons. The molecule has 0 N–H and O–H groups in total. The molecule has 1 aliphatic rings. The topological polar surface area (TPSA) is 3.24 Å². The number of nitrogens with zero attached hydrogens (tertiary/aromatic N) is 1. The molecule has 1 heterocycles. The van der Waals surface area contributed by atoms with Crippen molar-refractivity contribution in [1.29, 1.82) is 0 Å². The molecule has 0 saturated carbocycles. The van der Waals surface area contributed by atoms with Gasteiger partial charge < -0.3 is 4.90 Å². The van der Waals surface area contributed by atoms with Gasteiger partial charge in [-0.25, -0.2) is 0 Å². The van der Waals surface area contributed by atoms with Crippen LogP contribution in [-0.4, -0.2) is 0 Å². The van der Waals surface area contributed by atoms with Gasteiger partial charge in [-0.1, -0.05) is 137 Å². The first-order valence-corrected chi connectivity index (χ1v) is 18.4. The normalized spacial score (nSPS) is 14.7. The quantitative estimate of drug-likeness (QED) is 0.171. The average Bonchev–Trinajstić information content (AvgIpc) is 3.52. The van der Waals surface area contributed by atoms with Gasteiger partial charge >= 0.3 is 0 Å². The highest BCUT2D eigenvalue weighted by atomic mass is 32.1. The van der Waals surface area contributed by atoms with E-state index in [1.165, 1.54) is 86.1 Å². The molecular weight excluding hydrogens is 623 g/mol. The third-order valence-corrected chi connectivity index (χ3v) is 13.1. The van der Waals surface area contributed by atoms with E-state index in [4.69, 9.17) is 0 Å². The number of para-hydroxylation sites is 1. The summed E-state index contributed by atoms with van der Waals surface area (Å²) in [6.07, 6.45) is 0. The van der Waals surface area contributed by atoms with Crippen LogP contribution < -0.4 is 4.90 Å². The van der Waals surface area contributed by atoms with E-state index < -0.39 is 0 Å². The Hall–Kier alpha value is -5.44. The molecule has 8 aromatic carbocycles. The van der Waals surface area contributed by atoms with Gasteiger partial charge in [-0.3, -0.25) is 0 Å². The van der Waals surface area contributed by atoms with Gasteiger partial charge in [-0.15, -0.1) is 11.3 Å². The third kappa shape index (κ3) is 4.00. The molecule has 50 heavy (non-hydrogen) atoms. The van der Waals surface area contributed by atoms with Crippen molar-refractivity contribution in [3.8, 4) is 11.1 Å². The number of fused-ring (bicyclic) bond motifs is 12. The van der Waals surface area contributed by atoms with E-state index in [1.807, 2.05) is 11.3 Å². The summed E-state index contributed by atoms with van der Waals surface area (Å²) in [5.74, 6) is 0. The van der Waals surface area contributed by atoms with Crippen molar-refractivity contribution in [3.63, 3.8) is 0 Å². The molecule has 0 saturated heterocycles. The monoisotopic (exact) mass is 659 g/mol. The lowest BCUT2D eigenvalue weighted by molar-refractivity contribution is 0.301. The van der Waals surface area contributed by atoms with Crippen LogP contribution in [0.4, 0.5) is 17.1 Å². The van der Waals surface area contributed by atoms with Crippen LogP contribution >= 0.6 is 11.3 Å². The van der Waals surface area contributed by atoms with Gasteiger partial charge in [0.25, 0.3) is 0 Å². The molecule has 10 rings (SSSR count). The lowest BCUT2D eigenvalue weighted by Gasteiger charge is -2.50. The standard InChI is InChI=1S/C48H37NS/c1-47(2)40-18-12-19-41(49(32-14-6-5-7-15-32)33-24-28-43-39(29-33)36-17-10-11-20-42(36)50-43)45(40)38-27-23-31-22-25-35-34-16-9-8-13-30(34)21-26-37(35)44(31)46(38)48(47,3)4/h5-29H,1-4H3. The maximum atomic E-state index is 2.49. The molecular formula is C48H37NS. The smallest absolute Gasteiger partial charge is 0.0543 e. The van der Waals surface area contributed by atoms with E-state index in [0.717, 1.165) is 5.69 Å². The van der Waals surface area contributed by atoms with Crippen molar-refractivity contribution in [2.45, 2.75) is 38.5 Å². The van der Waals surface area contributed by atoms with E-state index >= 15 is 0 Å². The van der Waals surface area contributed by atoms with Crippen LogP contribution in [0.3, 0.4) is 0 Å². The van der Waals surface area contributed by atoms with Gasteiger partial charge in [0.15, 0.2) is 0 Å². The first-order chi connectivity index (χ1) is 24.3. The summed E-state index contributed by atoms with van der Waals surface area (Å²) in [6.45, 7) is 9.83. The fourth-order valence-electron chi connectivity index (χ4n) is 8.81. The highest BCUT2D eigenvalue weighted by Crippen LogP contribution is 2.59. The largest absolute Gasteiger partial charge is 0.310 e. The second kappa shape index (κ2) is 10.5. The van der Waals surface area contributed by atoms with Crippen molar-refractivity contribution in [2.75, 3.05) is 4.90 Å². The Morgan fingerprint density at radius 1 is 0.460 bits per heavy atom. The molecule has 1 aromatic heterocycles. The van der Waals surface area contributed by atoms with Gasteiger partial charge in [0.1, 0.15) is 0 Å². The summed E-state index contributed by atoms with van der Waals surface area (Å²) in [6, 6.07) is 56.6. The SMILES string of the molecule is CC1(C)c2cccc(N(c3ccccc3)c3ccc4sc5ccccc5c4c3)c2-c2ccc3ccc4c5ccccc5ccc4c3c2C1(C)C. The van der Waals surface area contributed by atoms with Crippen molar-refractivity contribution in [2.24, 2.45) is 0 Å². The van der Waals surface area contributed by atoms with Crippen LogP contribution in [0.25, 0.3) is 63.6 Å². The molecule has 0 unspecified atom stereocenters. The van der Waals surface area contributed by atoms with Crippen LogP contribution in [0.2, 0.25) is 0 Å². The molecule has 240 valence electrons. The second-order valence-corrected chi connectivity index (χ2v) is 16.0. The second-order valence-electron chi connectivity index (χ2n) is 14.9. The highest BCUT2D eigenvalue weighted by Gasteiger charge is 2.48. The Labute approximate surface area is 297 Å². The zero-order chi connectivity index (χ0) is 33.8. The van der Waals surface area contributed by atoms with Crippen LogP contribution in [-0.2, 0) is 10.8 Å². The van der Waals surface area contributed by atoms with Gasteiger partial charge in [-0.05, 0) is 96.9 Å². The van der Waals surface area contributed by atoms with Crippen LogP contribution in [0.5, 0.6) is 0 Å². The van der Waals surface area contributed by atoms with E-state index in [1.54, 1.807) is 0 Å². The lowest BCUT2D eigenvalue weighted by atomic mass is 9.54. The minimum absolute atomic E-state index is 0.153. The number of benzene rings is 8. The molecule has 0 amide bonds. The predicted octanol–water partition coefficient (Wildman–Crippen LogP) is 14.2. The Bertz CT molecular complexity index is 2820. The molecule has 0 fully saturated rings. The molecule has 2 heteroatoms. The van der Waals surface area contributed by atoms with E-state index in [-0.39, 0.29) is 10.8 Å². The minimum Gasteiger partial charge on any atom is -0.310 e. The summed E-state index contributed by atoms with van der Waals surface area (Å²) in [5.41, 5.74) is 8.70. The summed E-state index contributed by atoms with van der Waals surface area (Å²) in [7, 11) is 0. The fraction of sp³-hybridized carbons (Fsp3) is 0.125. The van der Waals surface area contributed by atoms with E-state index in [0.29, 0.717) is 0 Å². The van der Waals surface area contributed by atoms with Gasteiger partial charge in [0, 0.05) is 42.5 Å². The zero-order valence-corrected chi connectivity index (χ0v) is 29.6. The first kappa shape index (κ1) is 29.5. The van der Waals surface area contributed by atoms with Gasteiger partial charge in [-0.2, -0.15) is 0 Å². The average molecular weight is 660 g/mol. The number of hydrogen-bond donors (Lipinski definition) is 0. The van der Waals surface area contributed by atoms with Crippen LogP contribution in [0.1, 0.15) is 38.8 Å². The Morgan fingerprint density at radius 2 is 1.16 bits per heavy atom. The van der Waals surface area contributed by atoms with Gasteiger partial charge in [0.2, 0.25) is 0 Å². The Kier molecular flexibility index (Phi) is 6.21. The zero-order valence-electron chi connectivity index (χ0n) is 28.8. The Balaban J connectivity index is 1.31. The molecule has 0 atom stereocenters. The highest BCUT2D eigenvalue weighted by molar-refractivity contribution is 7.25. The number of anilines is 3. The molecule has 0 spiro atoms. The maximum Gasteiger partial charge on any atom is 0.0543 e.